The SMILES string of the molecule is CCc1c[n+](C)cs1. The maximum Gasteiger partial charge on any atom is 0.224 e. The molecule has 1 aromatic heterocycles. The van der Waals surface area contributed by atoms with Crippen LogP contribution >= 0.6 is 11.3 Å². The largest absolute Gasteiger partial charge is 0.224 e. The number of rotatable bonds is 1. The van der Waals surface area contributed by atoms with Crippen LogP contribution in [0.2, 0.25) is 0 Å². The average Bonchev–Trinajstić information content (AvgIpc) is 2.14. The molecule has 0 amide bonds. The van der Waals surface area contributed by atoms with E-state index in [1.807, 2.05) is 11.3 Å². The molecule has 1 heterocycles. The van der Waals surface area contributed by atoms with E-state index < -0.39 is 0 Å². The van der Waals surface area contributed by atoms with Crippen molar-refractivity contribution >= 4 is 11.3 Å². The van der Waals surface area contributed by atoms with Gasteiger partial charge in [0.2, 0.25) is 5.51 Å². The van der Waals surface area contributed by atoms with Crippen molar-refractivity contribution in [3.05, 3.63) is 16.6 Å². The molecule has 1 rings (SSSR count). The van der Waals surface area contributed by atoms with E-state index in [0.29, 0.717) is 0 Å². The first-order valence-corrected chi connectivity index (χ1v) is 3.63. The minimum atomic E-state index is 1.16. The third-order valence-corrected chi connectivity index (χ3v) is 2.20. The van der Waals surface area contributed by atoms with Gasteiger partial charge in [-0.2, -0.15) is 4.57 Å². The van der Waals surface area contributed by atoms with Crippen molar-refractivity contribution in [2.24, 2.45) is 7.05 Å². The summed E-state index contributed by atoms with van der Waals surface area (Å²) in [6, 6.07) is 0. The summed E-state index contributed by atoms with van der Waals surface area (Å²) in [5.41, 5.74) is 2.11. The number of nitrogens with zero attached hydrogens (tertiary/aromatic N) is 1. The third-order valence-electron chi connectivity index (χ3n) is 1.07. The van der Waals surface area contributed by atoms with Crippen LogP contribution in [-0.4, -0.2) is 0 Å². The van der Waals surface area contributed by atoms with Gasteiger partial charge in [-0.05, 0) is 6.42 Å². The number of aromatic nitrogens is 1. The Bertz CT molecular complexity index is 169. The van der Waals surface area contributed by atoms with Crippen LogP contribution < -0.4 is 4.57 Å². The van der Waals surface area contributed by atoms with Gasteiger partial charge in [0.25, 0.3) is 0 Å². The van der Waals surface area contributed by atoms with Crippen molar-refractivity contribution in [3.63, 3.8) is 0 Å². The van der Waals surface area contributed by atoms with Gasteiger partial charge in [-0.25, -0.2) is 0 Å². The van der Waals surface area contributed by atoms with Crippen LogP contribution in [0.4, 0.5) is 0 Å². The minimum Gasteiger partial charge on any atom is -0.198 e. The summed E-state index contributed by atoms with van der Waals surface area (Å²) in [5, 5.41) is 0. The van der Waals surface area contributed by atoms with E-state index in [1.54, 1.807) is 0 Å². The molecule has 2 heteroatoms. The average molecular weight is 128 g/mol. The van der Waals surface area contributed by atoms with E-state index in [-0.39, 0.29) is 0 Å². The molecule has 0 unspecified atom stereocenters. The van der Waals surface area contributed by atoms with E-state index in [4.69, 9.17) is 0 Å². The van der Waals surface area contributed by atoms with Crippen molar-refractivity contribution in [3.8, 4) is 0 Å². The Hall–Kier alpha value is -0.370. The maximum absolute atomic E-state index is 2.17. The molecule has 0 bridgehead atoms. The summed E-state index contributed by atoms with van der Waals surface area (Å²) in [5.74, 6) is 0. The third kappa shape index (κ3) is 1.07. The normalized spacial score (nSPS) is 9.75. The number of hydrogen-bond acceptors (Lipinski definition) is 1. The molecule has 0 fully saturated rings. The summed E-state index contributed by atoms with van der Waals surface area (Å²) in [6.07, 6.45) is 3.32. The Labute approximate surface area is 53.6 Å². The Morgan fingerprint density at radius 1 is 1.75 bits per heavy atom. The summed E-state index contributed by atoms with van der Waals surface area (Å²) < 4.78 is 2.09. The van der Waals surface area contributed by atoms with E-state index in [9.17, 15) is 0 Å². The van der Waals surface area contributed by atoms with E-state index in [1.165, 1.54) is 4.88 Å². The molecule has 8 heavy (non-hydrogen) atoms. The van der Waals surface area contributed by atoms with E-state index in [2.05, 4.69) is 30.2 Å². The Kier molecular flexibility index (Phi) is 1.63. The van der Waals surface area contributed by atoms with Gasteiger partial charge in [-0.3, -0.25) is 0 Å². The zero-order valence-electron chi connectivity index (χ0n) is 5.22. The fourth-order valence-corrected chi connectivity index (χ4v) is 1.37. The van der Waals surface area contributed by atoms with Gasteiger partial charge >= 0.3 is 0 Å². The van der Waals surface area contributed by atoms with Crippen LogP contribution in [0.3, 0.4) is 0 Å². The second-order valence-corrected chi connectivity index (χ2v) is 2.81. The smallest absolute Gasteiger partial charge is 0.198 e. The lowest BCUT2D eigenvalue weighted by atomic mass is 10.4. The van der Waals surface area contributed by atoms with Crippen LogP contribution in [0.1, 0.15) is 11.8 Å². The Morgan fingerprint density at radius 3 is 2.75 bits per heavy atom. The second kappa shape index (κ2) is 2.27. The van der Waals surface area contributed by atoms with E-state index >= 15 is 0 Å². The van der Waals surface area contributed by atoms with Crippen LogP contribution in [0, 0.1) is 0 Å². The molecule has 0 aliphatic rings. The molecule has 0 saturated carbocycles. The molecule has 0 radical (unpaired) electrons. The van der Waals surface area contributed by atoms with Crippen LogP contribution in [0.25, 0.3) is 0 Å². The van der Waals surface area contributed by atoms with Gasteiger partial charge < -0.3 is 0 Å². The first-order valence-electron chi connectivity index (χ1n) is 2.75. The number of aryl methyl sites for hydroxylation is 2. The van der Waals surface area contributed by atoms with Crippen LogP contribution in [0.15, 0.2) is 11.7 Å². The molecule has 0 aliphatic carbocycles. The summed E-state index contributed by atoms with van der Waals surface area (Å²) in [7, 11) is 2.05. The monoisotopic (exact) mass is 128 g/mol. The van der Waals surface area contributed by atoms with Gasteiger partial charge in [0.1, 0.15) is 7.05 Å². The summed E-state index contributed by atoms with van der Waals surface area (Å²) >= 11 is 1.81. The predicted octanol–water partition coefficient (Wildman–Crippen LogP) is 1.14. The van der Waals surface area contributed by atoms with E-state index in [0.717, 1.165) is 6.42 Å². The van der Waals surface area contributed by atoms with Crippen LogP contribution in [-0.2, 0) is 13.5 Å². The van der Waals surface area contributed by atoms with Crippen LogP contribution in [0.5, 0.6) is 0 Å². The highest BCUT2D eigenvalue weighted by molar-refractivity contribution is 7.09. The fraction of sp³-hybridized carbons (Fsp3) is 0.500. The van der Waals surface area contributed by atoms with Crippen molar-refractivity contribution in [2.75, 3.05) is 0 Å². The molecule has 0 atom stereocenters. The molecular formula is C6H10NS+. The summed E-state index contributed by atoms with van der Waals surface area (Å²) in [4.78, 5) is 1.45. The van der Waals surface area contributed by atoms with Gasteiger partial charge in [0.15, 0.2) is 6.20 Å². The zero-order valence-corrected chi connectivity index (χ0v) is 6.03. The first-order chi connectivity index (χ1) is 3.83. The standard InChI is InChI=1S/C6H10NS/c1-3-6-4-7(2)5-8-6/h4-5H,3H2,1-2H3/q+1. The Balaban J connectivity index is 2.84. The maximum atomic E-state index is 2.17. The highest BCUT2D eigenvalue weighted by Gasteiger charge is 1.96. The molecule has 1 aromatic rings. The number of hydrogen-bond donors (Lipinski definition) is 0. The minimum absolute atomic E-state index is 1.16. The second-order valence-electron chi connectivity index (χ2n) is 1.84. The van der Waals surface area contributed by atoms with Crippen molar-refractivity contribution in [1.29, 1.82) is 0 Å². The number of thiazole rings is 1. The predicted molar refractivity (Wildman–Crippen MR) is 34.9 cm³/mol. The van der Waals surface area contributed by atoms with Crippen molar-refractivity contribution < 1.29 is 4.57 Å². The molecule has 0 aliphatic heterocycles. The first kappa shape index (κ1) is 5.76. The molecule has 0 saturated heterocycles. The molecule has 0 aromatic carbocycles. The lowest BCUT2D eigenvalue weighted by molar-refractivity contribution is -0.666. The lowest BCUT2D eigenvalue weighted by Gasteiger charge is -1.74. The fourth-order valence-electron chi connectivity index (χ4n) is 0.613. The zero-order chi connectivity index (χ0) is 5.98. The summed E-state index contributed by atoms with van der Waals surface area (Å²) in [6.45, 7) is 2.17. The quantitative estimate of drug-likeness (QED) is 0.499. The lowest BCUT2D eigenvalue weighted by Crippen LogP contribution is -2.22. The molecule has 0 N–H and O–H groups in total. The molecule has 1 nitrogen and oxygen atoms in total. The highest BCUT2D eigenvalue weighted by atomic mass is 32.1. The highest BCUT2D eigenvalue weighted by Crippen LogP contribution is 2.02. The van der Waals surface area contributed by atoms with Gasteiger partial charge in [-0.1, -0.05) is 18.3 Å². The molecular weight excluding hydrogens is 118 g/mol. The topological polar surface area (TPSA) is 3.88 Å². The molecule has 0 spiro atoms. The van der Waals surface area contributed by atoms with Gasteiger partial charge in [0, 0.05) is 0 Å². The van der Waals surface area contributed by atoms with Crippen molar-refractivity contribution in [1.82, 2.24) is 0 Å². The van der Waals surface area contributed by atoms with Crippen molar-refractivity contribution in [2.45, 2.75) is 13.3 Å². The molecule has 44 valence electrons. The Morgan fingerprint density at radius 2 is 2.50 bits per heavy atom. The van der Waals surface area contributed by atoms with Gasteiger partial charge in [-0.15, -0.1) is 0 Å². The van der Waals surface area contributed by atoms with Gasteiger partial charge in [0.05, 0.1) is 4.88 Å².